The van der Waals surface area contributed by atoms with Gasteiger partial charge in [0, 0.05) is 18.7 Å². The van der Waals surface area contributed by atoms with Gasteiger partial charge in [-0.05, 0) is 43.4 Å². The molecule has 3 atom stereocenters. The van der Waals surface area contributed by atoms with E-state index < -0.39 is 6.61 Å². The van der Waals surface area contributed by atoms with Gasteiger partial charge in [0.25, 0.3) is 0 Å². The summed E-state index contributed by atoms with van der Waals surface area (Å²) in [5, 5.41) is 12.8. The molecule has 0 aromatic heterocycles. The first-order chi connectivity index (χ1) is 9.60. The highest BCUT2D eigenvalue weighted by molar-refractivity contribution is 5.29. The number of halogens is 2. The van der Waals surface area contributed by atoms with E-state index in [0.717, 1.165) is 24.8 Å². The van der Waals surface area contributed by atoms with Crippen molar-refractivity contribution in [3.8, 4) is 5.75 Å². The van der Waals surface area contributed by atoms with Crippen LogP contribution in [0.5, 0.6) is 5.75 Å². The van der Waals surface area contributed by atoms with Gasteiger partial charge in [-0.25, -0.2) is 0 Å². The zero-order chi connectivity index (χ0) is 14.5. The molecule has 0 bridgehead atoms. The Morgan fingerprint density at radius 1 is 1.30 bits per heavy atom. The minimum atomic E-state index is -2.79. The molecule has 3 unspecified atom stereocenters. The third kappa shape index (κ3) is 3.90. The highest BCUT2D eigenvalue weighted by Gasteiger charge is 2.27. The molecule has 1 fully saturated rings. The predicted octanol–water partition coefficient (Wildman–Crippen LogP) is 3.10. The second-order valence-corrected chi connectivity index (χ2v) is 5.32. The summed E-state index contributed by atoms with van der Waals surface area (Å²) in [6.07, 6.45) is 3.26. The standard InChI is InChI=1S/C15H21F2NO2/c1-10(18-14-4-2-3-12(14)9-19)11-5-7-13(8-6-11)20-15(16)17/h5-8,10,12,14-15,18-19H,2-4,9H2,1H3. The molecule has 0 saturated heterocycles. The Labute approximate surface area is 117 Å². The molecule has 0 spiro atoms. The molecular formula is C15H21F2NO2. The van der Waals surface area contributed by atoms with Gasteiger partial charge in [-0.1, -0.05) is 18.6 Å². The molecule has 2 N–H and O–H groups in total. The van der Waals surface area contributed by atoms with Crippen LogP contribution < -0.4 is 10.1 Å². The van der Waals surface area contributed by atoms with Gasteiger partial charge >= 0.3 is 6.61 Å². The second-order valence-electron chi connectivity index (χ2n) is 5.32. The van der Waals surface area contributed by atoms with Crippen molar-refractivity contribution in [3.63, 3.8) is 0 Å². The van der Waals surface area contributed by atoms with Crippen LogP contribution in [0.3, 0.4) is 0 Å². The van der Waals surface area contributed by atoms with Gasteiger partial charge in [0.2, 0.25) is 0 Å². The number of alkyl halides is 2. The molecule has 3 nitrogen and oxygen atoms in total. The van der Waals surface area contributed by atoms with Crippen molar-refractivity contribution < 1.29 is 18.6 Å². The maximum atomic E-state index is 12.1. The van der Waals surface area contributed by atoms with Crippen LogP contribution >= 0.6 is 0 Å². The van der Waals surface area contributed by atoms with Gasteiger partial charge in [-0.2, -0.15) is 8.78 Å². The number of hydrogen-bond donors (Lipinski definition) is 2. The van der Waals surface area contributed by atoms with E-state index in [1.54, 1.807) is 24.3 Å². The molecule has 5 heteroatoms. The maximum absolute atomic E-state index is 12.1. The zero-order valence-corrected chi connectivity index (χ0v) is 11.6. The van der Waals surface area contributed by atoms with Crippen molar-refractivity contribution in [2.75, 3.05) is 6.61 Å². The van der Waals surface area contributed by atoms with E-state index in [0.29, 0.717) is 12.0 Å². The molecule has 1 saturated carbocycles. The summed E-state index contributed by atoms with van der Waals surface area (Å²) >= 11 is 0. The summed E-state index contributed by atoms with van der Waals surface area (Å²) in [7, 11) is 0. The Balaban J connectivity index is 1.93. The van der Waals surface area contributed by atoms with Crippen LogP contribution in [0, 0.1) is 5.92 Å². The molecule has 0 radical (unpaired) electrons. The van der Waals surface area contributed by atoms with Crippen molar-refractivity contribution in [2.45, 2.75) is 44.9 Å². The lowest BCUT2D eigenvalue weighted by Crippen LogP contribution is -2.35. The fourth-order valence-corrected chi connectivity index (χ4v) is 2.83. The SMILES string of the molecule is CC(NC1CCCC1CO)c1ccc(OC(F)F)cc1. The van der Waals surface area contributed by atoms with E-state index in [2.05, 4.69) is 10.1 Å². The summed E-state index contributed by atoms with van der Waals surface area (Å²) < 4.78 is 28.5. The number of aliphatic hydroxyl groups is 1. The molecule has 1 aliphatic carbocycles. The largest absolute Gasteiger partial charge is 0.435 e. The summed E-state index contributed by atoms with van der Waals surface area (Å²) in [6.45, 7) is -0.540. The van der Waals surface area contributed by atoms with Crippen molar-refractivity contribution in [2.24, 2.45) is 5.92 Å². The number of aliphatic hydroxyl groups excluding tert-OH is 1. The molecule has 1 aromatic carbocycles. The first kappa shape index (κ1) is 15.2. The Bertz CT molecular complexity index is 411. The van der Waals surface area contributed by atoms with Crippen LogP contribution in [0.4, 0.5) is 8.78 Å². The molecule has 0 amide bonds. The Morgan fingerprint density at radius 3 is 2.60 bits per heavy atom. The van der Waals surface area contributed by atoms with Crippen molar-refractivity contribution >= 4 is 0 Å². The van der Waals surface area contributed by atoms with Gasteiger partial charge < -0.3 is 15.2 Å². The minimum absolute atomic E-state index is 0.118. The fourth-order valence-electron chi connectivity index (χ4n) is 2.83. The highest BCUT2D eigenvalue weighted by atomic mass is 19.3. The Morgan fingerprint density at radius 2 is 2.00 bits per heavy atom. The molecule has 1 aliphatic rings. The third-order valence-electron chi connectivity index (χ3n) is 3.96. The van der Waals surface area contributed by atoms with Crippen molar-refractivity contribution in [1.82, 2.24) is 5.32 Å². The summed E-state index contributed by atoms with van der Waals surface area (Å²) in [6, 6.07) is 7.13. The van der Waals surface area contributed by atoms with Crippen LogP contribution in [-0.2, 0) is 0 Å². The quantitative estimate of drug-likeness (QED) is 0.844. The van der Waals surface area contributed by atoms with Crippen molar-refractivity contribution in [3.05, 3.63) is 29.8 Å². The van der Waals surface area contributed by atoms with E-state index in [9.17, 15) is 13.9 Å². The fraction of sp³-hybridized carbons (Fsp3) is 0.600. The molecule has 0 heterocycles. The lowest BCUT2D eigenvalue weighted by Gasteiger charge is -2.24. The third-order valence-corrected chi connectivity index (χ3v) is 3.96. The second kappa shape index (κ2) is 6.99. The average molecular weight is 285 g/mol. The van der Waals surface area contributed by atoms with Crippen LogP contribution in [0.1, 0.15) is 37.8 Å². The van der Waals surface area contributed by atoms with Gasteiger partial charge in [-0.3, -0.25) is 0 Å². The Kier molecular flexibility index (Phi) is 5.31. The van der Waals surface area contributed by atoms with E-state index in [-0.39, 0.29) is 18.4 Å². The maximum Gasteiger partial charge on any atom is 0.387 e. The summed E-state index contributed by atoms with van der Waals surface area (Å²) in [5.74, 6) is 0.490. The number of ether oxygens (including phenoxy) is 1. The predicted molar refractivity (Wildman–Crippen MR) is 72.8 cm³/mol. The first-order valence-electron chi connectivity index (χ1n) is 7.02. The monoisotopic (exact) mass is 285 g/mol. The first-order valence-corrected chi connectivity index (χ1v) is 7.02. The number of nitrogens with one attached hydrogen (secondary N) is 1. The van der Waals surface area contributed by atoms with Gasteiger partial charge in [-0.15, -0.1) is 0 Å². The van der Waals surface area contributed by atoms with Gasteiger partial charge in [0.1, 0.15) is 5.75 Å². The minimum Gasteiger partial charge on any atom is -0.435 e. The lowest BCUT2D eigenvalue weighted by atomic mass is 10.0. The number of hydrogen-bond acceptors (Lipinski definition) is 3. The van der Waals surface area contributed by atoms with E-state index in [1.165, 1.54) is 0 Å². The smallest absolute Gasteiger partial charge is 0.387 e. The van der Waals surface area contributed by atoms with E-state index >= 15 is 0 Å². The molecule has 2 rings (SSSR count). The van der Waals surface area contributed by atoms with Gasteiger partial charge in [0.05, 0.1) is 0 Å². The Hall–Kier alpha value is -1.20. The van der Waals surface area contributed by atoms with Gasteiger partial charge in [0.15, 0.2) is 0 Å². The zero-order valence-electron chi connectivity index (χ0n) is 11.6. The topological polar surface area (TPSA) is 41.5 Å². The van der Waals surface area contributed by atoms with Crippen LogP contribution in [-0.4, -0.2) is 24.4 Å². The summed E-state index contributed by atoms with van der Waals surface area (Å²) in [4.78, 5) is 0. The van der Waals surface area contributed by atoms with Crippen LogP contribution in [0.25, 0.3) is 0 Å². The van der Waals surface area contributed by atoms with Crippen molar-refractivity contribution in [1.29, 1.82) is 0 Å². The van der Waals surface area contributed by atoms with Crippen LogP contribution in [0.2, 0.25) is 0 Å². The normalized spacial score (nSPS) is 24.1. The number of rotatable bonds is 6. The summed E-state index contributed by atoms with van der Waals surface area (Å²) in [5.41, 5.74) is 1.02. The van der Waals surface area contributed by atoms with Crippen LogP contribution in [0.15, 0.2) is 24.3 Å². The molecular weight excluding hydrogens is 264 g/mol. The highest BCUT2D eigenvalue weighted by Crippen LogP contribution is 2.28. The average Bonchev–Trinajstić information content (AvgIpc) is 2.86. The molecule has 20 heavy (non-hydrogen) atoms. The van der Waals surface area contributed by atoms with E-state index in [4.69, 9.17) is 0 Å². The molecule has 112 valence electrons. The lowest BCUT2D eigenvalue weighted by molar-refractivity contribution is -0.0498. The molecule has 0 aliphatic heterocycles. The molecule has 1 aromatic rings. The van der Waals surface area contributed by atoms with E-state index in [1.807, 2.05) is 6.92 Å². The number of benzene rings is 1.